The summed E-state index contributed by atoms with van der Waals surface area (Å²) in [5, 5.41) is 0. The average molecular weight is 302 g/mol. The van der Waals surface area contributed by atoms with Crippen molar-refractivity contribution in [3.63, 3.8) is 0 Å². The fourth-order valence-corrected chi connectivity index (χ4v) is 2.19. The van der Waals surface area contributed by atoms with Crippen molar-refractivity contribution in [2.24, 2.45) is 0 Å². The lowest BCUT2D eigenvalue weighted by atomic mass is 9.97. The molecule has 0 aliphatic rings. The summed E-state index contributed by atoms with van der Waals surface area (Å²) in [6.07, 6.45) is 0. The van der Waals surface area contributed by atoms with Crippen LogP contribution in [0.2, 0.25) is 0 Å². The van der Waals surface area contributed by atoms with Crippen LogP contribution >= 0.6 is 0 Å². The molecular weight excluding hydrogens is 287 g/mol. The van der Waals surface area contributed by atoms with Crippen LogP contribution < -0.4 is 0 Å². The first-order valence-electron chi connectivity index (χ1n) is 6.55. The lowest BCUT2D eigenvalue weighted by Gasteiger charge is -2.09. The van der Waals surface area contributed by atoms with Crippen LogP contribution in [0.1, 0.15) is 26.3 Å². The van der Waals surface area contributed by atoms with E-state index in [1.54, 1.807) is 24.3 Å². The van der Waals surface area contributed by atoms with E-state index >= 15 is 0 Å². The van der Waals surface area contributed by atoms with Gasteiger partial charge in [0.2, 0.25) is 0 Å². The number of carbonyl (C=O) groups is 2. The number of benzene rings is 2. The fourth-order valence-electron chi connectivity index (χ4n) is 2.19. The molecule has 4 nitrogen and oxygen atoms in total. The summed E-state index contributed by atoms with van der Waals surface area (Å²) in [6, 6.07) is 9.29. The molecule has 0 radical (unpaired) electrons. The number of aryl methyl sites for hydroxylation is 1. The number of halogens is 1. The average Bonchev–Trinajstić information content (AvgIpc) is 2.53. The highest BCUT2D eigenvalue weighted by molar-refractivity contribution is 5.91. The van der Waals surface area contributed by atoms with Gasteiger partial charge >= 0.3 is 11.9 Å². The van der Waals surface area contributed by atoms with Crippen LogP contribution in [0.5, 0.6) is 0 Å². The van der Waals surface area contributed by atoms with Crippen molar-refractivity contribution < 1.29 is 23.5 Å². The quantitative estimate of drug-likeness (QED) is 0.816. The maximum absolute atomic E-state index is 14.0. The molecule has 0 atom stereocenters. The molecule has 2 aromatic rings. The van der Waals surface area contributed by atoms with Gasteiger partial charge in [-0.1, -0.05) is 12.1 Å². The second-order valence-corrected chi connectivity index (χ2v) is 4.71. The van der Waals surface area contributed by atoms with Crippen molar-refractivity contribution in [3.8, 4) is 11.1 Å². The Balaban J connectivity index is 2.42. The van der Waals surface area contributed by atoms with Crippen molar-refractivity contribution in [2.75, 3.05) is 14.2 Å². The molecule has 5 heteroatoms. The van der Waals surface area contributed by atoms with E-state index in [0.717, 1.165) is 11.1 Å². The van der Waals surface area contributed by atoms with E-state index in [1.165, 1.54) is 26.4 Å². The molecule has 0 spiro atoms. The number of hydrogen-bond acceptors (Lipinski definition) is 4. The second-order valence-electron chi connectivity index (χ2n) is 4.71. The van der Waals surface area contributed by atoms with Gasteiger partial charge in [-0.15, -0.1) is 0 Å². The Hall–Kier alpha value is -2.69. The number of carbonyl (C=O) groups excluding carboxylic acids is 2. The molecule has 0 aliphatic heterocycles. The topological polar surface area (TPSA) is 52.6 Å². The number of ether oxygens (including phenoxy) is 2. The molecule has 0 aromatic heterocycles. The first-order valence-corrected chi connectivity index (χ1v) is 6.55. The summed E-state index contributed by atoms with van der Waals surface area (Å²) in [6.45, 7) is 1.81. The van der Waals surface area contributed by atoms with Gasteiger partial charge in [-0.3, -0.25) is 0 Å². The lowest BCUT2D eigenvalue weighted by molar-refractivity contribution is 0.0588. The molecule has 0 heterocycles. The number of methoxy groups -OCH3 is 2. The Morgan fingerprint density at radius 1 is 0.955 bits per heavy atom. The van der Waals surface area contributed by atoms with Crippen LogP contribution in [0.25, 0.3) is 11.1 Å². The minimum Gasteiger partial charge on any atom is -0.465 e. The van der Waals surface area contributed by atoms with Crippen molar-refractivity contribution in [1.29, 1.82) is 0 Å². The van der Waals surface area contributed by atoms with Gasteiger partial charge in [0.25, 0.3) is 0 Å². The van der Waals surface area contributed by atoms with Crippen molar-refractivity contribution >= 4 is 11.9 Å². The zero-order chi connectivity index (χ0) is 16.3. The third-order valence-electron chi connectivity index (χ3n) is 3.33. The van der Waals surface area contributed by atoms with E-state index in [9.17, 15) is 14.0 Å². The number of hydrogen-bond donors (Lipinski definition) is 0. The lowest BCUT2D eigenvalue weighted by Crippen LogP contribution is -2.04. The molecular formula is C17H15FO4. The summed E-state index contributed by atoms with van der Waals surface area (Å²) in [5.41, 5.74) is 2.49. The predicted octanol–water partition coefficient (Wildman–Crippen LogP) is 3.37. The first kappa shape index (κ1) is 15.7. The highest BCUT2D eigenvalue weighted by atomic mass is 19.1. The molecule has 22 heavy (non-hydrogen) atoms. The van der Waals surface area contributed by atoms with Gasteiger partial charge in [0.15, 0.2) is 0 Å². The minimum absolute atomic E-state index is 0.116. The third kappa shape index (κ3) is 2.98. The van der Waals surface area contributed by atoms with Crippen LogP contribution in [-0.2, 0) is 9.47 Å². The summed E-state index contributed by atoms with van der Waals surface area (Å²) in [7, 11) is 2.51. The molecule has 0 saturated heterocycles. The molecule has 0 amide bonds. The normalized spacial score (nSPS) is 10.2. The number of esters is 2. The van der Waals surface area contributed by atoms with Gasteiger partial charge in [0.1, 0.15) is 5.82 Å². The van der Waals surface area contributed by atoms with E-state index in [2.05, 4.69) is 9.47 Å². The Kier molecular flexibility index (Phi) is 4.56. The molecule has 114 valence electrons. The smallest absolute Gasteiger partial charge is 0.340 e. The molecule has 0 fully saturated rings. The summed E-state index contributed by atoms with van der Waals surface area (Å²) >= 11 is 0. The highest BCUT2D eigenvalue weighted by Gasteiger charge is 2.14. The maximum atomic E-state index is 14.0. The second kappa shape index (κ2) is 6.39. The maximum Gasteiger partial charge on any atom is 0.340 e. The van der Waals surface area contributed by atoms with E-state index in [0.29, 0.717) is 11.1 Å². The fraction of sp³-hybridized carbons (Fsp3) is 0.176. The third-order valence-corrected chi connectivity index (χ3v) is 3.33. The van der Waals surface area contributed by atoms with Crippen LogP contribution in [0.3, 0.4) is 0 Å². The van der Waals surface area contributed by atoms with Gasteiger partial charge < -0.3 is 9.47 Å². The van der Waals surface area contributed by atoms with Gasteiger partial charge in [-0.2, -0.15) is 0 Å². The van der Waals surface area contributed by atoms with Gasteiger partial charge in [-0.05, 0) is 47.9 Å². The molecule has 0 bridgehead atoms. The van der Waals surface area contributed by atoms with E-state index < -0.39 is 17.8 Å². The van der Waals surface area contributed by atoms with Crippen LogP contribution in [0.4, 0.5) is 4.39 Å². The first-order chi connectivity index (χ1) is 10.5. The molecule has 2 rings (SSSR count). The van der Waals surface area contributed by atoms with Crippen LogP contribution in [0, 0.1) is 12.7 Å². The van der Waals surface area contributed by atoms with E-state index in [-0.39, 0.29) is 5.56 Å². The molecule has 0 N–H and O–H groups in total. The van der Waals surface area contributed by atoms with Gasteiger partial charge in [0, 0.05) is 0 Å². The number of rotatable bonds is 3. The van der Waals surface area contributed by atoms with Crippen LogP contribution in [0.15, 0.2) is 36.4 Å². The summed E-state index contributed by atoms with van der Waals surface area (Å²) in [5.74, 6) is -1.80. The summed E-state index contributed by atoms with van der Waals surface area (Å²) < 4.78 is 23.2. The van der Waals surface area contributed by atoms with Crippen molar-refractivity contribution in [2.45, 2.75) is 6.92 Å². The van der Waals surface area contributed by atoms with Crippen LogP contribution in [-0.4, -0.2) is 26.2 Å². The molecule has 0 aliphatic carbocycles. The van der Waals surface area contributed by atoms with Crippen molar-refractivity contribution in [3.05, 3.63) is 58.9 Å². The highest BCUT2D eigenvalue weighted by Crippen LogP contribution is 2.26. The zero-order valence-electron chi connectivity index (χ0n) is 12.5. The Morgan fingerprint density at radius 3 is 2.18 bits per heavy atom. The van der Waals surface area contributed by atoms with Crippen molar-refractivity contribution in [1.82, 2.24) is 0 Å². The molecule has 0 saturated carbocycles. The Bertz CT molecular complexity index is 737. The zero-order valence-corrected chi connectivity index (χ0v) is 12.5. The largest absolute Gasteiger partial charge is 0.465 e. The van der Waals surface area contributed by atoms with Gasteiger partial charge in [0.05, 0.1) is 25.3 Å². The Labute approximate surface area is 127 Å². The predicted molar refractivity (Wildman–Crippen MR) is 79.3 cm³/mol. The summed E-state index contributed by atoms with van der Waals surface area (Å²) in [4.78, 5) is 22.9. The van der Waals surface area contributed by atoms with E-state index in [1.807, 2.05) is 6.92 Å². The van der Waals surface area contributed by atoms with E-state index in [4.69, 9.17) is 0 Å². The standard InChI is InChI=1S/C17H15FO4/c1-10-8-12(16(19)21-2)5-6-13(10)11-4-7-14(15(18)9-11)17(20)22-3/h4-9H,1-3H3. The molecule has 0 unspecified atom stereocenters. The minimum atomic E-state index is -0.721. The van der Waals surface area contributed by atoms with Gasteiger partial charge in [-0.25, -0.2) is 14.0 Å². The monoisotopic (exact) mass is 302 g/mol. The molecule has 2 aromatic carbocycles. The Morgan fingerprint density at radius 2 is 1.64 bits per heavy atom. The SMILES string of the molecule is COC(=O)c1ccc(-c2ccc(C(=O)OC)c(F)c2)c(C)c1.